The van der Waals surface area contributed by atoms with E-state index < -0.39 is 4.92 Å². The van der Waals surface area contributed by atoms with Crippen LogP contribution in [0.2, 0.25) is 0 Å². The number of hydrazine groups is 1. The Hall–Kier alpha value is -2.54. The standard InChI is InChI=1S/C13H16N4O3/c1-9(5-13-3-2-4-20-13)15-10-6-11(16-14)8-12(7-10)17(18)19/h2-4,6-9,15-16H,5,14H2,1H3. The predicted octanol–water partition coefficient (Wildman–Crippen LogP) is 2.52. The van der Waals surface area contributed by atoms with E-state index in [0.717, 1.165) is 5.76 Å². The maximum Gasteiger partial charge on any atom is 0.273 e. The first-order valence-corrected chi connectivity index (χ1v) is 6.13. The molecule has 1 atom stereocenters. The molecule has 20 heavy (non-hydrogen) atoms. The first-order chi connectivity index (χ1) is 9.58. The minimum atomic E-state index is -0.455. The minimum Gasteiger partial charge on any atom is -0.469 e. The third kappa shape index (κ3) is 3.48. The summed E-state index contributed by atoms with van der Waals surface area (Å²) in [6.45, 7) is 1.97. The van der Waals surface area contributed by atoms with Gasteiger partial charge in [0, 0.05) is 30.3 Å². The number of nitrogen functional groups attached to an aromatic ring is 1. The number of furan rings is 1. The maximum atomic E-state index is 10.9. The van der Waals surface area contributed by atoms with Gasteiger partial charge < -0.3 is 15.2 Å². The van der Waals surface area contributed by atoms with Crippen LogP contribution in [0.25, 0.3) is 0 Å². The smallest absolute Gasteiger partial charge is 0.273 e. The van der Waals surface area contributed by atoms with Crippen LogP contribution in [0.15, 0.2) is 41.0 Å². The van der Waals surface area contributed by atoms with Crippen LogP contribution < -0.4 is 16.6 Å². The van der Waals surface area contributed by atoms with E-state index in [1.165, 1.54) is 12.1 Å². The molecule has 7 nitrogen and oxygen atoms in total. The van der Waals surface area contributed by atoms with E-state index in [0.29, 0.717) is 17.8 Å². The molecule has 2 aromatic rings. The van der Waals surface area contributed by atoms with Gasteiger partial charge in [0.2, 0.25) is 0 Å². The van der Waals surface area contributed by atoms with E-state index >= 15 is 0 Å². The molecule has 0 amide bonds. The number of nitrogens with zero attached hydrogens (tertiary/aromatic N) is 1. The van der Waals surface area contributed by atoms with E-state index in [1.54, 1.807) is 12.3 Å². The van der Waals surface area contributed by atoms with Crippen LogP contribution in [0.3, 0.4) is 0 Å². The average molecular weight is 276 g/mol. The van der Waals surface area contributed by atoms with Gasteiger partial charge in [0.15, 0.2) is 0 Å². The molecule has 0 bridgehead atoms. The number of benzene rings is 1. The van der Waals surface area contributed by atoms with Crippen LogP contribution in [0.1, 0.15) is 12.7 Å². The number of nitro groups is 1. The van der Waals surface area contributed by atoms with Crippen LogP contribution in [-0.2, 0) is 6.42 Å². The summed E-state index contributed by atoms with van der Waals surface area (Å²) in [5, 5.41) is 14.0. The van der Waals surface area contributed by atoms with Gasteiger partial charge in [0.1, 0.15) is 5.76 Å². The first-order valence-electron chi connectivity index (χ1n) is 6.13. The summed E-state index contributed by atoms with van der Waals surface area (Å²) < 4.78 is 5.27. The van der Waals surface area contributed by atoms with Gasteiger partial charge in [-0.05, 0) is 25.1 Å². The number of hydrogen-bond donors (Lipinski definition) is 3. The fraction of sp³-hybridized carbons (Fsp3) is 0.231. The molecular weight excluding hydrogens is 260 g/mol. The third-order valence-electron chi connectivity index (χ3n) is 2.80. The van der Waals surface area contributed by atoms with E-state index in [1.807, 2.05) is 19.1 Å². The number of rotatable bonds is 6. The van der Waals surface area contributed by atoms with Crippen LogP contribution >= 0.6 is 0 Å². The van der Waals surface area contributed by atoms with Crippen LogP contribution in [0, 0.1) is 10.1 Å². The lowest BCUT2D eigenvalue weighted by Crippen LogP contribution is -2.18. The maximum absolute atomic E-state index is 10.9. The van der Waals surface area contributed by atoms with Gasteiger partial charge in [-0.3, -0.25) is 16.0 Å². The van der Waals surface area contributed by atoms with E-state index in [2.05, 4.69) is 10.7 Å². The molecular formula is C13H16N4O3. The third-order valence-corrected chi connectivity index (χ3v) is 2.80. The fourth-order valence-electron chi connectivity index (χ4n) is 1.95. The van der Waals surface area contributed by atoms with Crippen LogP contribution in [0.4, 0.5) is 17.1 Å². The lowest BCUT2D eigenvalue weighted by atomic mass is 10.1. The van der Waals surface area contributed by atoms with Gasteiger partial charge in [-0.2, -0.15) is 0 Å². The van der Waals surface area contributed by atoms with Crippen molar-refractivity contribution in [2.75, 3.05) is 10.7 Å². The molecule has 7 heteroatoms. The molecule has 0 spiro atoms. The Kier molecular flexibility index (Phi) is 4.21. The van der Waals surface area contributed by atoms with E-state index in [-0.39, 0.29) is 11.7 Å². The van der Waals surface area contributed by atoms with Gasteiger partial charge in [-0.1, -0.05) is 0 Å². The molecule has 1 aromatic heterocycles. The monoisotopic (exact) mass is 276 g/mol. The predicted molar refractivity (Wildman–Crippen MR) is 76.4 cm³/mol. The molecule has 2 rings (SSSR count). The van der Waals surface area contributed by atoms with Gasteiger partial charge in [0.05, 0.1) is 16.9 Å². The van der Waals surface area contributed by atoms with Crippen LogP contribution in [0.5, 0.6) is 0 Å². The van der Waals surface area contributed by atoms with Gasteiger partial charge >= 0.3 is 0 Å². The minimum absolute atomic E-state index is 0.0202. The molecule has 0 radical (unpaired) electrons. The normalized spacial score (nSPS) is 11.9. The Bertz CT molecular complexity index is 583. The zero-order chi connectivity index (χ0) is 14.5. The lowest BCUT2D eigenvalue weighted by Gasteiger charge is -2.14. The van der Waals surface area contributed by atoms with E-state index in [4.69, 9.17) is 10.3 Å². The van der Waals surface area contributed by atoms with Crippen molar-refractivity contribution >= 4 is 17.1 Å². The molecule has 1 heterocycles. The average Bonchev–Trinajstić information content (AvgIpc) is 2.90. The van der Waals surface area contributed by atoms with Crippen molar-refractivity contribution in [3.63, 3.8) is 0 Å². The SMILES string of the molecule is CC(Cc1ccco1)Nc1cc(NN)cc([N+](=O)[O-])c1. The Balaban J connectivity index is 2.11. The fourth-order valence-corrected chi connectivity index (χ4v) is 1.95. The van der Waals surface area contributed by atoms with Crippen molar-refractivity contribution in [1.82, 2.24) is 0 Å². The van der Waals surface area contributed by atoms with Gasteiger partial charge in [-0.15, -0.1) is 0 Å². The molecule has 0 aliphatic heterocycles. The number of nitrogens with one attached hydrogen (secondary N) is 2. The Labute approximate surface area is 115 Å². The highest BCUT2D eigenvalue weighted by Crippen LogP contribution is 2.24. The summed E-state index contributed by atoms with van der Waals surface area (Å²) in [7, 11) is 0. The van der Waals surface area contributed by atoms with Crippen molar-refractivity contribution in [2.24, 2.45) is 5.84 Å². The molecule has 1 unspecified atom stereocenters. The highest BCUT2D eigenvalue weighted by Gasteiger charge is 2.12. The highest BCUT2D eigenvalue weighted by atomic mass is 16.6. The molecule has 0 saturated carbocycles. The summed E-state index contributed by atoms with van der Waals surface area (Å²) in [6.07, 6.45) is 2.30. The summed E-state index contributed by atoms with van der Waals surface area (Å²) >= 11 is 0. The molecule has 106 valence electrons. The molecule has 1 aromatic carbocycles. The molecule has 4 N–H and O–H groups in total. The quantitative estimate of drug-likeness (QED) is 0.425. The topological polar surface area (TPSA) is 106 Å². The molecule has 0 aliphatic carbocycles. The summed E-state index contributed by atoms with van der Waals surface area (Å²) in [5.74, 6) is 6.17. The number of non-ortho nitro benzene ring substituents is 1. The Morgan fingerprint density at radius 1 is 1.40 bits per heavy atom. The largest absolute Gasteiger partial charge is 0.469 e. The highest BCUT2D eigenvalue weighted by molar-refractivity contribution is 5.63. The van der Waals surface area contributed by atoms with Crippen molar-refractivity contribution in [2.45, 2.75) is 19.4 Å². The molecule has 0 fully saturated rings. The number of anilines is 2. The van der Waals surface area contributed by atoms with Crippen molar-refractivity contribution in [3.05, 3.63) is 52.5 Å². The molecule has 0 aliphatic rings. The summed E-state index contributed by atoms with van der Waals surface area (Å²) in [4.78, 5) is 10.4. The van der Waals surface area contributed by atoms with Crippen molar-refractivity contribution < 1.29 is 9.34 Å². The number of nitrogens with two attached hydrogens (primary N) is 1. The number of nitro benzene ring substituents is 1. The first kappa shape index (κ1) is 13.9. The summed E-state index contributed by atoms with van der Waals surface area (Å²) in [5.41, 5.74) is 3.51. The zero-order valence-corrected chi connectivity index (χ0v) is 11.0. The van der Waals surface area contributed by atoms with Gasteiger partial charge in [-0.25, -0.2) is 0 Å². The lowest BCUT2D eigenvalue weighted by molar-refractivity contribution is -0.384. The zero-order valence-electron chi connectivity index (χ0n) is 11.0. The number of hydrogen-bond acceptors (Lipinski definition) is 6. The Morgan fingerprint density at radius 2 is 2.15 bits per heavy atom. The van der Waals surface area contributed by atoms with Crippen LogP contribution in [-0.4, -0.2) is 11.0 Å². The van der Waals surface area contributed by atoms with Crippen molar-refractivity contribution in [3.8, 4) is 0 Å². The summed E-state index contributed by atoms with van der Waals surface area (Å²) in [6, 6.07) is 8.34. The second-order valence-electron chi connectivity index (χ2n) is 4.50. The van der Waals surface area contributed by atoms with Crippen molar-refractivity contribution in [1.29, 1.82) is 0 Å². The van der Waals surface area contributed by atoms with E-state index in [9.17, 15) is 10.1 Å². The van der Waals surface area contributed by atoms with Gasteiger partial charge in [0.25, 0.3) is 5.69 Å². The second kappa shape index (κ2) is 6.07. The Morgan fingerprint density at radius 3 is 2.75 bits per heavy atom. The second-order valence-corrected chi connectivity index (χ2v) is 4.50. The molecule has 0 saturated heterocycles.